The van der Waals surface area contributed by atoms with E-state index in [0.717, 1.165) is 54.0 Å². The quantitative estimate of drug-likeness (QED) is 0.515. The monoisotopic (exact) mass is 523 g/mol. The molecule has 2 aliphatic rings. The summed E-state index contributed by atoms with van der Waals surface area (Å²) in [7, 11) is -3.67. The van der Waals surface area contributed by atoms with Gasteiger partial charge in [-0.05, 0) is 63.0 Å². The number of nitrogens with one attached hydrogen (secondary N) is 1. The van der Waals surface area contributed by atoms with Crippen molar-refractivity contribution in [2.45, 2.75) is 76.8 Å². The van der Waals surface area contributed by atoms with E-state index in [0.29, 0.717) is 18.0 Å². The summed E-state index contributed by atoms with van der Waals surface area (Å²) in [5, 5.41) is 4.86. The lowest BCUT2D eigenvalue weighted by Gasteiger charge is -2.41. The number of amides is 1. The highest BCUT2D eigenvalue weighted by atomic mass is 32.2. The fraction of sp³-hybridized carbons (Fsp3) is 0.536. The third kappa shape index (κ3) is 5.16. The van der Waals surface area contributed by atoms with Crippen molar-refractivity contribution in [3.05, 3.63) is 65.1 Å². The van der Waals surface area contributed by atoms with Gasteiger partial charge in [0.15, 0.2) is 5.65 Å². The third-order valence-electron chi connectivity index (χ3n) is 8.04. The number of sulfonamides is 1. The maximum absolute atomic E-state index is 14.2. The minimum absolute atomic E-state index is 0.248. The van der Waals surface area contributed by atoms with Gasteiger partial charge in [-0.15, -0.1) is 0 Å². The second-order valence-electron chi connectivity index (χ2n) is 11.2. The minimum atomic E-state index is -3.67. The van der Waals surface area contributed by atoms with E-state index < -0.39 is 15.6 Å². The van der Waals surface area contributed by atoms with Crippen LogP contribution in [-0.4, -0.2) is 46.6 Å². The van der Waals surface area contributed by atoms with E-state index in [9.17, 15) is 13.2 Å². The van der Waals surface area contributed by atoms with Crippen molar-refractivity contribution in [2.24, 2.45) is 5.92 Å². The van der Waals surface area contributed by atoms with Crippen LogP contribution in [0.15, 0.2) is 42.6 Å². The van der Waals surface area contributed by atoms with Gasteiger partial charge in [0, 0.05) is 24.7 Å². The molecule has 9 heteroatoms. The van der Waals surface area contributed by atoms with Crippen LogP contribution in [0.1, 0.15) is 86.8 Å². The number of piperidine rings is 1. The topological polar surface area (TPSA) is 96.7 Å². The molecule has 1 aromatic carbocycles. The van der Waals surface area contributed by atoms with Gasteiger partial charge >= 0.3 is 0 Å². The van der Waals surface area contributed by atoms with E-state index in [2.05, 4.69) is 24.8 Å². The summed E-state index contributed by atoms with van der Waals surface area (Å²) in [6, 6.07) is 10.8. The molecular weight excluding hydrogens is 486 g/mol. The van der Waals surface area contributed by atoms with Gasteiger partial charge in [-0.1, -0.05) is 43.7 Å². The van der Waals surface area contributed by atoms with E-state index >= 15 is 0 Å². The molecule has 1 saturated carbocycles. The van der Waals surface area contributed by atoms with Crippen LogP contribution in [0.3, 0.4) is 0 Å². The number of benzene rings is 1. The largest absolute Gasteiger partial charge is 0.332 e. The highest BCUT2D eigenvalue weighted by molar-refractivity contribution is 7.88. The molecule has 5 rings (SSSR count). The summed E-state index contributed by atoms with van der Waals surface area (Å²) in [6.45, 7) is 6.61. The van der Waals surface area contributed by atoms with Gasteiger partial charge in [0.1, 0.15) is 5.54 Å². The summed E-state index contributed by atoms with van der Waals surface area (Å²) >= 11 is 0. The van der Waals surface area contributed by atoms with E-state index in [1.54, 1.807) is 19.1 Å². The van der Waals surface area contributed by atoms with Crippen LogP contribution < -0.4 is 4.72 Å². The molecule has 1 aliphatic heterocycles. The lowest BCUT2D eigenvalue weighted by atomic mass is 9.89. The molecule has 1 aliphatic carbocycles. The average Bonchev–Trinajstić information content (AvgIpc) is 3.48. The summed E-state index contributed by atoms with van der Waals surface area (Å²) in [4.78, 5) is 21.0. The number of aromatic nitrogens is 3. The number of fused-ring (bicyclic) bond motifs is 1. The summed E-state index contributed by atoms with van der Waals surface area (Å²) in [5.41, 5.74) is 3.09. The van der Waals surface area contributed by atoms with E-state index in [4.69, 9.17) is 10.1 Å². The minimum Gasteiger partial charge on any atom is -0.332 e. The van der Waals surface area contributed by atoms with Crippen molar-refractivity contribution >= 4 is 21.6 Å². The zero-order valence-electron chi connectivity index (χ0n) is 22.1. The van der Waals surface area contributed by atoms with Crippen LogP contribution in [0.5, 0.6) is 0 Å². The first kappa shape index (κ1) is 25.9. The normalized spacial score (nSPS) is 24.3. The third-order valence-corrected chi connectivity index (χ3v) is 8.82. The van der Waals surface area contributed by atoms with Gasteiger partial charge in [-0.3, -0.25) is 4.79 Å². The number of nitrogens with zero attached hydrogens (tertiary/aromatic N) is 4. The number of likely N-dealkylation sites (tertiary alicyclic amines) is 1. The Bertz CT molecular complexity index is 1400. The second kappa shape index (κ2) is 9.83. The maximum atomic E-state index is 14.2. The molecule has 2 aromatic heterocycles. The smallest absolute Gasteiger partial charge is 0.248 e. The molecule has 1 saturated heterocycles. The summed E-state index contributed by atoms with van der Waals surface area (Å²) in [5.74, 6) is 0.944. The molecule has 0 bridgehead atoms. The highest BCUT2D eigenvalue weighted by Gasteiger charge is 2.44. The highest BCUT2D eigenvalue weighted by Crippen LogP contribution is 2.39. The number of carbonyl (C=O) groups excluding carboxylic acids is 1. The second-order valence-corrected chi connectivity index (χ2v) is 12.9. The summed E-state index contributed by atoms with van der Waals surface area (Å²) < 4.78 is 29.2. The number of aryl methyl sites for hydroxylation is 1. The van der Waals surface area contributed by atoms with Gasteiger partial charge < -0.3 is 4.90 Å². The first-order chi connectivity index (χ1) is 17.5. The van der Waals surface area contributed by atoms with Gasteiger partial charge in [-0.2, -0.15) is 9.82 Å². The van der Waals surface area contributed by atoms with E-state index in [-0.39, 0.29) is 11.9 Å². The first-order valence-electron chi connectivity index (χ1n) is 13.3. The number of carbonyl (C=O) groups is 1. The fourth-order valence-corrected chi connectivity index (χ4v) is 7.16. The van der Waals surface area contributed by atoms with Gasteiger partial charge in [0.2, 0.25) is 15.9 Å². The van der Waals surface area contributed by atoms with E-state index in [1.807, 2.05) is 33.7 Å². The van der Waals surface area contributed by atoms with Crippen molar-refractivity contribution < 1.29 is 13.2 Å². The van der Waals surface area contributed by atoms with Gasteiger partial charge in [0.25, 0.3) is 0 Å². The molecular formula is C28H37N5O3S. The molecule has 8 nitrogen and oxygen atoms in total. The lowest BCUT2D eigenvalue weighted by molar-refractivity contribution is -0.141. The molecule has 0 radical (unpaired) electrons. The van der Waals surface area contributed by atoms with Crippen LogP contribution in [-0.2, 0) is 20.4 Å². The molecule has 3 heterocycles. The van der Waals surface area contributed by atoms with Crippen LogP contribution in [0, 0.1) is 12.8 Å². The molecule has 37 heavy (non-hydrogen) atoms. The predicted molar refractivity (Wildman–Crippen MR) is 144 cm³/mol. The Balaban J connectivity index is 1.51. The first-order valence-corrected chi connectivity index (χ1v) is 15.2. The Morgan fingerprint density at radius 3 is 2.57 bits per heavy atom. The molecule has 1 amide bonds. The molecule has 1 unspecified atom stereocenters. The molecule has 4 atom stereocenters. The average molecular weight is 524 g/mol. The Hall–Kier alpha value is -2.78. The number of rotatable bonds is 6. The van der Waals surface area contributed by atoms with Crippen LogP contribution >= 0.6 is 0 Å². The fourth-order valence-electron chi connectivity index (χ4n) is 6.21. The van der Waals surface area contributed by atoms with Crippen molar-refractivity contribution in [1.29, 1.82) is 0 Å². The van der Waals surface area contributed by atoms with Crippen molar-refractivity contribution in [2.75, 3.05) is 12.8 Å². The maximum Gasteiger partial charge on any atom is 0.248 e. The van der Waals surface area contributed by atoms with Crippen molar-refractivity contribution in [3.63, 3.8) is 0 Å². The molecule has 2 fully saturated rings. The zero-order valence-corrected chi connectivity index (χ0v) is 23.0. The number of hydrogen-bond donors (Lipinski definition) is 1. The lowest BCUT2D eigenvalue weighted by Crippen LogP contribution is -2.56. The standard InChI is InChI=1S/C28H37N5O3S/c1-19-13-14-21(16-19)26-20(2)18-33-25(29-26)17-23(30-33)24-12-8-9-15-32(24)27(34)28(3,31-37(4,35)36)22-10-6-5-7-11-22/h5-7,10-11,17-19,21,24,31H,8-9,12-16H2,1-4H3/t19-,21?,24-,28-/m0/s1. The zero-order chi connectivity index (χ0) is 26.4. The van der Waals surface area contributed by atoms with Gasteiger partial charge in [0.05, 0.1) is 23.7 Å². The Kier molecular flexibility index (Phi) is 6.87. The van der Waals surface area contributed by atoms with Crippen LogP contribution in [0.4, 0.5) is 0 Å². The number of hydrogen-bond acceptors (Lipinski definition) is 5. The van der Waals surface area contributed by atoms with Crippen molar-refractivity contribution in [1.82, 2.24) is 24.2 Å². The van der Waals surface area contributed by atoms with Crippen molar-refractivity contribution in [3.8, 4) is 0 Å². The molecule has 0 spiro atoms. The molecule has 198 valence electrons. The van der Waals surface area contributed by atoms with Crippen LogP contribution in [0.2, 0.25) is 0 Å². The predicted octanol–water partition coefficient (Wildman–Crippen LogP) is 4.46. The summed E-state index contributed by atoms with van der Waals surface area (Å²) in [6.07, 6.45) is 9.33. The molecule has 1 N–H and O–H groups in total. The van der Waals surface area contributed by atoms with E-state index in [1.165, 1.54) is 19.3 Å². The van der Waals surface area contributed by atoms with Crippen LogP contribution in [0.25, 0.3) is 5.65 Å². The molecule has 3 aromatic rings. The Labute approximate surface area is 219 Å². The Morgan fingerprint density at radius 1 is 1.14 bits per heavy atom. The SMILES string of the molecule is Cc1cn2nc([C@@H]3CCCCN3C(=O)[C@@](C)(NS(C)(=O)=O)c3ccccc3)cc2nc1C1CC[C@H](C)C1. The Morgan fingerprint density at radius 2 is 1.89 bits per heavy atom. The van der Waals surface area contributed by atoms with Gasteiger partial charge in [-0.25, -0.2) is 17.9 Å².